The van der Waals surface area contributed by atoms with Crippen molar-refractivity contribution < 1.29 is 8.78 Å². The molecule has 0 radical (unpaired) electrons. The quantitative estimate of drug-likeness (QED) is 0.447. The van der Waals surface area contributed by atoms with Gasteiger partial charge in [0.2, 0.25) is 0 Å². The Balaban J connectivity index is 2.38. The van der Waals surface area contributed by atoms with E-state index in [9.17, 15) is 8.78 Å². The van der Waals surface area contributed by atoms with Gasteiger partial charge in [-0.1, -0.05) is 31.8 Å². The number of thioether (sulfide) groups is 1. The summed E-state index contributed by atoms with van der Waals surface area (Å²) in [4.78, 5) is -0.292. The first kappa shape index (κ1) is 17.1. The SMILES string of the molecule is CCc1cc(C#Cc2cc(F)c(SC#N)c(F)c2)cc(CC)c1. The minimum absolute atomic E-state index is 0.252. The molecule has 0 atom stereocenters. The van der Waals surface area contributed by atoms with Crippen LogP contribution in [0.25, 0.3) is 0 Å². The second-order valence-electron chi connectivity index (χ2n) is 4.96. The number of nitriles is 1. The van der Waals surface area contributed by atoms with E-state index in [1.807, 2.05) is 12.1 Å². The van der Waals surface area contributed by atoms with Gasteiger partial charge in [0.15, 0.2) is 0 Å². The molecule has 1 nitrogen and oxygen atoms in total. The summed E-state index contributed by atoms with van der Waals surface area (Å²) in [6.45, 7) is 4.14. The highest BCUT2D eigenvalue weighted by molar-refractivity contribution is 8.03. The first-order chi connectivity index (χ1) is 11.1. The molecule has 0 bridgehead atoms. The van der Waals surface area contributed by atoms with Gasteiger partial charge in [-0.15, -0.1) is 0 Å². The van der Waals surface area contributed by atoms with Crippen LogP contribution in [0.15, 0.2) is 35.2 Å². The number of benzene rings is 2. The van der Waals surface area contributed by atoms with Crippen molar-refractivity contribution in [1.29, 1.82) is 5.26 Å². The van der Waals surface area contributed by atoms with Crippen LogP contribution >= 0.6 is 11.8 Å². The van der Waals surface area contributed by atoms with Crippen LogP contribution in [0.2, 0.25) is 0 Å². The monoisotopic (exact) mass is 327 g/mol. The molecule has 2 aromatic carbocycles. The maximum absolute atomic E-state index is 13.8. The van der Waals surface area contributed by atoms with E-state index in [4.69, 9.17) is 5.26 Å². The molecular weight excluding hydrogens is 312 g/mol. The van der Waals surface area contributed by atoms with Gasteiger partial charge in [0.1, 0.15) is 17.0 Å². The van der Waals surface area contributed by atoms with Crippen LogP contribution in [0.5, 0.6) is 0 Å². The Morgan fingerprint density at radius 1 is 0.870 bits per heavy atom. The number of aryl methyl sites for hydroxylation is 2. The Morgan fingerprint density at radius 3 is 1.78 bits per heavy atom. The summed E-state index contributed by atoms with van der Waals surface area (Å²) in [5.41, 5.74) is 3.46. The summed E-state index contributed by atoms with van der Waals surface area (Å²) < 4.78 is 27.6. The maximum Gasteiger partial charge on any atom is 0.142 e. The smallest absolute Gasteiger partial charge is 0.142 e. The van der Waals surface area contributed by atoms with E-state index in [-0.39, 0.29) is 10.5 Å². The van der Waals surface area contributed by atoms with Crippen molar-refractivity contribution in [3.05, 3.63) is 64.2 Å². The van der Waals surface area contributed by atoms with Crippen molar-refractivity contribution in [1.82, 2.24) is 0 Å². The summed E-state index contributed by atoms with van der Waals surface area (Å²) in [7, 11) is 0. The molecule has 0 amide bonds. The van der Waals surface area contributed by atoms with E-state index in [0.717, 1.165) is 30.5 Å². The van der Waals surface area contributed by atoms with Gasteiger partial charge >= 0.3 is 0 Å². The Morgan fingerprint density at radius 2 is 1.35 bits per heavy atom. The standard InChI is InChI=1S/C19H15F2NS/c1-3-13-7-14(4-2)9-15(8-13)5-6-16-10-17(20)19(23-12-22)18(21)11-16/h7-11H,3-4H2,1-2H3. The molecule has 23 heavy (non-hydrogen) atoms. The lowest BCUT2D eigenvalue weighted by molar-refractivity contribution is 0.540. The van der Waals surface area contributed by atoms with Gasteiger partial charge in [-0.2, -0.15) is 5.26 Å². The zero-order chi connectivity index (χ0) is 16.8. The topological polar surface area (TPSA) is 23.8 Å². The lowest BCUT2D eigenvalue weighted by Crippen LogP contribution is -1.90. The molecule has 0 aliphatic heterocycles. The van der Waals surface area contributed by atoms with Crippen LogP contribution < -0.4 is 0 Å². The first-order valence-corrected chi connectivity index (χ1v) is 8.08. The number of hydrogen-bond acceptors (Lipinski definition) is 2. The van der Waals surface area contributed by atoms with Crippen molar-refractivity contribution in [3.63, 3.8) is 0 Å². The fraction of sp³-hybridized carbons (Fsp3) is 0.211. The van der Waals surface area contributed by atoms with Crippen LogP contribution in [0.3, 0.4) is 0 Å². The van der Waals surface area contributed by atoms with Gasteiger partial charge in [-0.05, 0) is 60.0 Å². The number of hydrogen-bond donors (Lipinski definition) is 0. The molecule has 0 heterocycles. The number of rotatable bonds is 3. The second-order valence-corrected chi connectivity index (χ2v) is 5.75. The van der Waals surface area contributed by atoms with Gasteiger partial charge in [0, 0.05) is 11.1 Å². The van der Waals surface area contributed by atoms with Gasteiger partial charge in [-0.25, -0.2) is 8.78 Å². The summed E-state index contributed by atoms with van der Waals surface area (Å²) in [6.07, 6.45) is 1.82. The summed E-state index contributed by atoms with van der Waals surface area (Å²) >= 11 is 0.469. The van der Waals surface area contributed by atoms with Gasteiger partial charge in [0.25, 0.3) is 0 Å². The average Bonchev–Trinajstić information content (AvgIpc) is 2.55. The maximum atomic E-state index is 13.8. The molecular formula is C19H15F2NS. The third-order valence-electron chi connectivity index (χ3n) is 3.37. The van der Waals surface area contributed by atoms with E-state index in [0.29, 0.717) is 11.8 Å². The lowest BCUT2D eigenvalue weighted by atomic mass is 10.0. The second kappa shape index (κ2) is 7.81. The predicted octanol–water partition coefficient (Wildman–Crippen LogP) is 5.06. The fourth-order valence-electron chi connectivity index (χ4n) is 2.16. The van der Waals surface area contributed by atoms with Gasteiger partial charge in [0.05, 0.1) is 4.90 Å². The summed E-state index contributed by atoms with van der Waals surface area (Å²) in [5.74, 6) is 4.22. The lowest BCUT2D eigenvalue weighted by Gasteiger charge is -2.03. The van der Waals surface area contributed by atoms with Crippen molar-refractivity contribution in [3.8, 4) is 17.2 Å². The summed E-state index contributed by atoms with van der Waals surface area (Å²) in [5, 5.41) is 10.2. The number of thiocyanates is 1. The molecule has 4 heteroatoms. The summed E-state index contributed by atoms with van der Waals surface area (Å²) in [6, 6.07) is 8.41. The highest BCUT2D eigenvalue weighted by Crippen LogP contribution is 2.25. The molecule has 0 N–H and O–H groups in total. The Kier molecular flexibility index (Phi) is 5.79. The Labute approximate surface area is 139 Å². The van der Waals surface area contributed by atoms with E-state index >= 15 is 0 Å². The molecule has 0 spiro atoms. The van der Waals surface area contributed by atoms with Crippen molar-refractivity contribution in [2.45, 2.75) is 31.6 Å². The highest BCUT2D eigenvalue weighted by Gasteiger charge is 2.11. The molecule has 0 aliphatic carbocycles. The van der Waals surface area contributed by atoms with Crippen LogP contribution in [-0.2, 0) is 12.8 Å². The van der Waals surface area contributed by atoms with Crippen LogP contribution in [0.1, 0.15) is 36.1 Å². The molecule has 2 aromatic rings. The number of halogens is 2. The molecule has 116 valence electrons. The van der Waals surface area contributed by atoms with Crippen LogP contribution in [0, 0.1) is 34.1 Å². The minimum atomic E-state index is -0.766. The van der Waals surface area contributed by atoms with Crippen molar-refractivity contribution in [2.75, 3.05) is 0 Å². The van der Waals surface area contributed by atoms with E-state index in [1.165, 1.54) is 11.1 Å². The van der Waals surface area contributed by atoms with Crippen LogP contribution in [0.4, 0.5) is 8.78 Å². The molecule has 0 saturated heterocycles. The minimum Gasteiger partial charge on any atom is -0.206 e. The zero-order valence-electron chi connectivity index (χ0n) is 12.9. The molecule has 2 rings (SSSR count). The average molecular weight is 327 g/mol. The number of nitrogens with zero attached hydrogens (tertiary/aromatic N) is 1. The van der Waals surface area contributed by atoms with Gasteiger partial charge in [-0.3, -0.25) is 0 Å². The third-order valence-corrected chi connectivity index (χ3v) is 4.05. The molecule has 0 fully saturated rings. The predicted molar refractivity (Wildman–Crippen MR) is 89.0 cm³/mol. The first-order valence-electron chi connectivity index (χ1n) is 7.27. The third kappa shape index (κ3) is 4.34. The van der Waals surface area contributed by atoms with Crippen LogP contribution in [-0.4, -0.2) is 0 Å². The van der Waals surface area contributed by atoms with Crippen molar-refractivity contribution >= 4 is 11.8 Å². The molecule has 0 unspecified atom stereocenters. The van der Waals surface area contributed by atoms with E-state index in [2.05, 4.69) is 31.8 Å². The Hall–Kier alpha value is -2.30. The normalized spacial score (nSPS) is 9.87. The zero-order valence-corrected chi connectivity index (χ0v) is 13.7. The largest absolute Gasteiger partial charge is 0.206 e. The van der Waals surface area contributed by atoms with E-state index < -0.39 is 11.6 Å². The highest BCUT2D eigenvalue weighted by atomic mass is 32.2. The van der Waals surface area contributed by atoms with E-state index in [1.54, 1.807) is 5.40 Å². The van der Waals surface area contributed by atoms with Gasteiger partial charge < -0.3 is 0 Å². The van der Waals surface area contributed by atoms with Crippen molar-refractivity contribution in [2.24, 2.45) is 0 Å². The molecule has 0 aliphatic rings. The fourth-order valence-corrected chi connectivity index (χ4v) is 2.57. The molecule has 0 aromatic heterocycles. The molecule has 0 saturated carbocycles. The Bertz CT molecular complexity index is 780.